The van der Waals surface area contributed by atoms with E-state index in [-0.39, 0.29) is 11.2 Å². The van der Waals surface area contributed by atoms with E-state index in [1.165, 1.54) is 6.07 Å². The Hall–Kier alpha value is -1.72. The van der Waals surface area contributed by atoms with Gasteiger partial charge in [-0.1, -0.05) is 12.1 Å². The molecule has 24 heavy (non-hydrogen) atoms. The minimum atomic E-state index is -0.173. The minimum Gasteiger partial charge on any atom is -0.381 e. The monoisotopic (exact) mass is 330 g/mol. The van der Waals surface area contributed by atoms with Crippen LogP contribution in [-0.4, -0.2) is 36.0 Å². The Morgan fingerprint density at radius 1 is 1.21 bits per heavy atom. The van der Waals surface area contributed by atoms with Gasteiger partial charge >= 0.3 is 0 Å². The lowest BCUT2D eigenvalue weighted by atomic mass is 9.74. The summed E-state index contributed by atoms with van der Waals surface area (Å²) in [6, 6.07) is 7.04. The Bertz CT molecular complexity index is 688. The third-order valence-corrected chi connectivity index (χ3v) is 5.40. The average Bonchev–Trinajstić information content (AvgIpc) is 3.27. The van der Waals surface area contributed by atoms with Crippen molar-refractivity contribution in [1.82, 2.24) is 9.55 Å². The van der Waals surface area contributed by atoms with Gasteiger partial charge in [-0.15, -0.1) is 0 Å². The number of halogens is 1. The van der Waals surface area contributed by atoms with Gasteiger partial charge in [-0.3, -0.25) is 0 Å². The summed E-state index contributed by atoms with van der Waals surface area (Å²) in [5.74, 6) is 1.28. The zero-order chi connectivity index (χ0) is 16.4. The molecule has 3 heterocycles. The van der Waals surface area contributed by atoms with Crippen LogP contribution in [0.2, 0.25) is 0 Å². The van der Waals surface area contributed by atoms with Crippen LogP contribution in [-0.2, 0) is 21.4 Å². The number of rotatable bonds is 4. The molecule has 4 rings (SSSR count). The lowest BCUT2D eigenvalue weighted by Crippen LogP contribution is -2.38. The second-order valence-corrected chi connectivity index (χ2v) is 6.88. The summed E-state index contributed by atoms with van der Waals surface area (Å²) in [7, 11) is 0. The maximum atomic E-state index is 13.8. The predicted molar refractivity (Wildman–Crippen MR) is 88.5 cm³/mol. The lowest BCUT2D eigenvalue weighted by molar-refractivity contribution is 0.0429. The molecule has 128 valence electrons. The van der Waals surface area contributed by atoms with E-state index in [1.54, 1.807) is 6.07 Å². The molecule has 2 aliphatic heterocycles. The van der Waals surface area contributed by atoms with Crippen LogP contribution < -0.4 is 0 Å². The summed E-state index contributed by atoms with van der Waals surface area (Å²) in [5.41, 5.74) is 0.961. The standard InChI is InChI=1S/C19H23FN2O2/c20-17-3-1-2-16(12-17)19(5-10-23-11-6-19)14-22-8-7-21-18(22)15-4-9-24-13-15/h1-3,7-8,12,15H,4-6,9-11,13-14H2/t15-/m1/s1. The Labute approximate surface area is 141 Å². The third kappa shape index (κ3) is 2.98. The van der Waals surface area contributed by atoms with Gasteiger partial charge in [0.1, 0.15) is 11.6 Å². The zero-order valence-corrected chi connectivity index (χ0v) is 13.8. The number of aromatic nitrogens is 2. The highest BCUT2D eigenvalue weighted by atomic mass is 19.1. The fourth-order valence-electron chi connectivity index (χ4n) is 4.00. The van der Waals surface area contributed by atoms with E-state index in [4.69, 9.17) is 9.47 Å². The van der Waals surface area contributed by atoms with Crippen LogP contribution in [0.15, 0.2) is 36.7 Å². The fourth-order valence-corrected chi connectivity index (χ4v) is 4.00. The van der Waals surface area contributed by atoms with Crippen LogP contribution >= 0.6 is 0 Å². The number of hydrogen-bond acceptors (Lipinski definition) is 3. The van der Waals surface area contributed by atoms with Gasteiger partial charge in [-0.05, 0) is 37.0 Å². The Kier molecular flexibility index (Phi) is 4.37. The van der Waals surface area contributed by atoms with E-state index in [0.717, 1.165) is 50.4 Å². The molecule has 0 spiro atoms. The topological polar surface area (TPSA) is 36.3 Å². The van der Waals surface area contributed by atoms with Crippen molar-refractivity contribution in [1.29, 1.82) is 0 Å². The Morgan fingerprint density at radius 2 is 2.08 bits per heavy atom. The van der Waals surface area contributed by atoms with Gasteiger partial charge in [0.15, 0.2) is 0 Å². The summed E-state index contributed by atoms with van der Waals surface area (Å²) < 4.78 is 27.2. The zero-order valence-electron chi connectivity index (χ0n) is 13.8. The molecule has 1 aromatic heterocycles. The van der Waals surface area contributed by atoms with Crippen LogP contribution in [0, 0.1) is 5.82 Å². The molecule has 1 aromatic carbocycles. The number of imidazole rings is 1. The van der Waals surface area contributed by atoms with Crippen molar-refractivity contribution in [3.05, 3.63) is 53.9 Å². The number of nitrogens with zero attached hydrogens (tertiary/aromatic N) is 2. The van der Waals surface area contributed by atoms with Crippen molar-refractivity contribution in [2.75, 3.05) is 26.4 Å². The summed E-state index contributed by atoms with van der Waals surface area (Å²) in [6.07, 6.45) is 6.73. The van der Waals surface area contributed by atoms with E-state index in [9.17, 15) is 4.39 Å². The smallest absolute Gasteiger partial charge is 0.123 e. The molecule has 2 saturated heterocycles. The highest BCUT2D eigenvalue weighted by Crippen LogP contribution is 2.38. The minimum absolute atomic E-state index is 0.102. The summed E-state index contributed by atoms with van der Waals surface area (Å²) in [6.45, 7) is 3.79. The van der Waals surface area contributed by atoms with E-state index >= 15 is 0 Å². The normalized spacial score (nSPS) is 23.5. The first-order valence-electron chi connectivity index (χ1n) is 8.69. The highest BCUT2D eigenvalue weighted by Gasteiger charge is 2.36. The van der Waals surface area contributed by atoms with Gasteiger partial charge in [0.2, 0.25) is 0 Å². The molecule has 0 radical (unpaired) electrons. The van der Waals surface area contributed by atoms with Gasteiger partial charge in [0.25, 0.3) is 0 Å². The fraction of sp³-hybridized carbons (Fsp3) is 0.526. The van der Waals surface area contributed by atoms with Gasteiger partial charge in [-0.2, -0.15) is 0 Å². The predicted octanol–water partition coefficient (Wildman–Crippen LogP) is 3.27. The SMILES string of the molecule is Fc1cccc(C2(Cn3ccnc3[C@@H]3CCOC3)CCOCC2)c1. The maximum absolute atomic E-state index is 13.8. The molecule has 0 saturated carbocycles. The summed E-state index contributed by atoms with van der Waals surface area (Å²) in [4.78, 5) is 4.58. The highest BCUT2D eigenvalue weighted by molar-refractivity contribution is 5.27. The Balaban J connectivity index is 1.67. The van der Waals surface area contributed by atoms with Gasteiger partial charge in [-0.25, -0.2) is 9.37 Å². The van der Waals surface area contributed by atoms with Crippen LogP contribution in [0.5, 0.6) is 0 Å². The van der Waals surface area contributed by atoms with E-state index in [1.807, 2.05) is 24.5 Å². The average molecular weight is 330 g/mol. The summed E-state index contributed by atoms with van der Waals surface area (Å²) >= 11 is 0. The van der Waals surface area contributed by atoms with Crippen molar-refractivity contribution >= 4 is 0 Å². The molecule has 5 heteroatoms. The van der Waals surface area contributed by atoms with Gasteiger partial charge in [0.05, 0.1) is 6.61 Å². The van der Waals surface area contributed by atoms with Gasteiger partial charge in [0, 0.05) is 50.1 Å². The van der Waals surface area contributed by atoms with E-state index in [2.05, 4.69) is 9.55 Å². The van der Waals surface area contributed by atoms with Crippen LogP contribution in [0.1, 0.15) is 36.6 Å². The van der Waals surface area contributed by atoms with Crippen LogP contribution in [0.25, 0.3) is 0 Å². The molecular weight excluding hydrogens is 307 g/mol. The van der Waals surface area contributed by atoms with Crippen LogP contribution in [0.4, 0.5) is 4.39 Å². The maximum Gasteiger partial charge on any atom is 0.123 e. The number of hydrogen-bond donors (Lipinski definition) is 0. The molecule has 0 aliphatic carbocycles. The summed E-state index contributed by atoms with van der Waals surface area (Å²) in [5, 5.41) is 0. The molecule has 0 unspecified atom stereocenters. The number of ether oxygens (including phenoxy) is 2. The lowest BCUT2D eigenvalue weighted by Gasteiger charge is -2.38. The molecule has 4 nitrogen and oxygen atoms in total. The molecule has 0 amide bonds. The van der Waals surface area contributed by atoms with Gasteiger partial charge < -0.3 is 14.0 Å². The first-order valence-corrected chi connectivity index (χ1v) is 8.69. The molecule has 2 aliphatic rings. The van der Waals surface area contributed by atoms with Crippen molar-refractivity contribution in [2.24, 2.45) is 0 Å². The first kappa shape index (κ1) is 15.8. The first-order chi connectivity index (χ1) is 11.8. The molecular formula is C19H23FN2O2. The molecule has 0 N–H and O–H groups in total. The third-order valence-electron chi connectivity index (χ3n) is 5.40. The second kappa shape index (κ2) is 6.65. The second-order valence-electron chi connectivity index (χ2n) is 6.88. The van der Waals surface area contributed by atoms with Crippen molar-refractivity contribution in [3.63, 3.8) is 0 Å². The van der Waals surface area contributed by atoms with Crippen molar-refractivity contribution < 1.29 is 13.9 Å². The van der Waals surface area contributed by atoms with Crippen molar-refractivity contribution in [3.8, 4) is 0 Å². The van der Waals surface area contributed by atoms with Crippen molar-refractivity contribution in [2.45, 2.75) is 37.1 Å². The van der Waals surface area contributed by atoms with E-state index in [0.29, 0.717) is 19.1 Å². The number of benzene rings is 1. The molecule has 1 atom stereocenters. The molecule has 2 aromatic rings. The molecule has 2 fully saturated rings. The molecule has 0 bridgehead atoms. The quantitative estimate of drug-likeness (QED) is 0.863. The van der Waals surface area contributed by atoms with Crippen LogP contribution in [0.3, 0.4) is 0 Å². The largest absolute Gasteiger partial charge is 0.381 e. The Morgan fingerprint density at radius 3 is 2.83 bits per heavy atom. The van der Waals surface area contributed by atoms with E-state index < -0.39 is 0 Å².